The van der Waals surface area contributed by atoms with Gasteiger partial charge in [0, 0.05) is 19.2 Å². The summed E-state index contributed by atoms with van der Waals surface area (Å²) in [5.41, 5.74) is 0.336. The van der Waals surface area contributed by atoms with Crippen LogP contribution in [0.25, 0.3) is 0 Å². The molecular weight excluding hydrogens is 326 g/mol. The zero-order valence-electron chi connectivity index (χ0n) is 12.0. The van der Waals surface area contributed by atoms with E-state index in [4.69, 9.17) is 28.2 Å². The van der Waals surface area contributed by atoms with Crippen LogP contribution < -0.4 is 5.32 Å². The molecule has 0 atom stereocenters. The van der Waals surface area contributed by atoms with Crippen LogP contribution in [0, 0.1) is 17.0 Å². The molecule has 1 aromatic carbocycles. The van der Waals surface area contributed by atoms with E-state index in [9.17, 15) is 10.1 Å². The van der Waals surface area contributed by atoms with Gasteiger partial charge in [0.1, 0.15) is 11.5 Å². The number of aryl methyl sites for hydroxylation is 1. The molecule has 0 saturated carbocycles. The summed E-state index contributed by atoms with van der Waals surface area (Å²) in [4.78, 5) is 12.1. The van der Waals surface area contributed by atoms with Crippen LogP contribution in [0.2, 0.25) is 5.02 Å². The molecule has 0 unspecified atom stereocenters. The Balaban J connectivity index is 2.07. The van der Waals surface area contributed by atoms with Crippen molar-refractivity contribution in [2.24, 2.45) is 0 Å². The van der Waals surface area contributed by atoms with E-state index in [-0.39, 0.29) is 5.69 Å². The minimum atomic E-state index is -0.486. The fraction of sp³-hybridized carbons (Fsp3) is 0.214. The van der Waals surface area contributed by atoms with Crippen molar-refractivity contribution in [1.29, 1.82) is 0 Å². The van der Waals surface area contributed by atoms with Gasteiger partial charge in [0.2, 0.25) is 0 Å². The summed E-state index contributed by atoms with van der Waals surface area (Å²) in [7, 11) is 1.79. The lowest BCUT2D eigenvalue weighted by atomic mass is 10.3. The van der Waals surface area contributed by atoms with Crippen molar-refractivity contribution in [3.8, 4) is 0 Å². The molecule has 0 amide bonds. The van der Waals surface area contributed by atoms with Gasteiger partial charge in [0.05, 0.1) is 22.2 Å². The van der Waals surface area contributed by atoms with Crippen LogP contribution in [0.1, 0.15) is 11.5 Å². The number of hydrogen-bond donors (Lipinski definition) is 1. The number of nitrogens with zero attached hydrogens (tertiary/aromatic N) is 2. The molecule has 0 aliphatic carbocycles. The van der Waals surface area contributed by atoms with E-state index >= 15 is 0 Å². The van der Waals surface area contributed by atoms with Crippen molar-refractivity contribution in [3.05, 3.63) is 57.0 Å². The summed E-state index contributed by atoms with van der Waals surface area (Å²) in [5, 5.41) is 14.5. The topological polar surface area (TPSA) is 71.5 Å². The third-order valence-electron chi connectivity index (χ3n) is 2.94. The van der Waals surface area contributed by atoms with E-state index in [1.54, 1.807) is 11.9 Å². The molecule has 0 saturated heterocycles. The molecule has 0 fully saturated rings. The summed E-state index contributed by atoms with van der Waals surface area (Å²) < 4.78 is 5.48. The standard InChI is InChI=1S/C14H14ClN3O3S/c1-9-3-5-11(21-9)8-17(2)14(22)16-13-7-10(18(19)20)4-6-12(13)15/h3-7H,8H2,1-2H3,(H,16,22). The van der Waals surface area contributed by atoms with E-state index in [0.717, 1.165) is 11.5 Å². The van der Waals surface area contributed by atoms with Gasteiger partial charge in [-0.2, -0.15) is 0 Å². The second-order valence-electron chi connectivity index (χ2n) is 4.72. The highest BCUT2D eigenvalue weighted by molar-refractivity contribution is 7.80. The number of hydrogen-bond acceptors (Lipinski definition) is 4. The molecule has 0 radical (unpaired) electrons. The van der Waals surface area contributed by atoms with Gasteiger partial charge >= 0.3 is 0 Å². The maximum absolute atomic E-state index is 10.8. The Morgan fingerprint density at radius 1 is 1.45 bits per heavy atom. The van der Waals surface area contributed by atoms with Gasteiger partial charge in [-0.05, 0) is 37.3 Å². The molecular formula is C14H14ClN3O3S. The third-order valence-corrected chi connectivity index (χ3v) is 3.68. The van der Waals surface area contributed by atoms with Crippen LogP contribution in [-0.2, 0) is 6.54 Å². The van der Waals surface area contributed by atoms with Crippen LogP contribution >= 0.6 is 23.8 Å². The molecule has 0 aliphatic rings. The molecule has 2 aromatic rings. The van der Waals surface area contributed by atoms with Crippen LogP contribution in [0.15, 0.2) is 34.7 Å². The number of non-ortho nitro benzene ring substituents is 1. The Kier molecular flexibility index (Phi) is 4.99. The quantitative estimate of drug-likeness (QED) is 0.516. The van der Waals surface area contributed by atoms with E-state index < -0.39 is 4.92 Å². The van der Waals surface area contributed by atoms with Crippen LogP contribution in [0.3, 0.4) is 0 Å². The first-order valence-electron chi connectivity index (χ1n) is 6.38. The monoisotopic (exact) mass is 339 g/mol. The maximum Gasteiger partial charge on any atom is 0.271 e. The number of nitrogens with one attached hydrogen (secondary N) is 1. The van der Waals surface area contributed by atoms with Crippen molar-refractivity contribution in [3.63, 3.8) is 0 Å². The Labute approximate surface area is 137 Å². The van der Waals surface area contributed by atoms with Crippen LogP contribution in [-0.4, -0.2) is 22.0 Å². The fourth-order valence-electron chi connectivity index (χ4n) is 1.81. The molecule has 1 heterocycles. The lowest BCUT2D eigenvalue weighted by molar-refractivity contribution is -0.384. The zero-order chi connectivity index (χ0) is 16.3. The molecule has 2 rings (SSSR count). The fourth-order valence-corrected chi connectivity index (χ4v) is 2.15. The Morgan fingerprint density at radius 3 is 2.77 bits per heavy atom. The van der Waals surface area contributed by atoms with Gasteiger partial charge in [0.15, 0.2) is 5.11 Å². The molecule has 116 valence electrons. The summed E-state index contributed by atoms with van der Waals surface area (Å²) in [6.45, 7) is 2.34. The van der Waals surface area contributed by atoms with Gasteiger partial charge in [-0.15, -0.1) is 0 Å². The number of nitro groups is 1. The Morgan fingerprint density at radius 2 is 2.18 bits per heavy atom. The third kappa shape index (κ3) is 3.96. The molecule has 1 aromatic heterocycles. The molecule has 22 heavy (non-hydrogen) atoms. The molecule has 8 heteroatoms. The normalized spacial score (nSPS) is 10.3. The van der Waals surface area contributed by atoms with E-state index in [2.05, 4.69) is 5.32 Å². The lowest BCUT2D eigenvalue weighted by Crippen LogP contribution is -2.30. The van der Waals surface area contributed by atoms with Gasteiger partial charge in [-0.1, -0.05) is 11.6 Å². The number of benzene rings is 1. The van der Waals surface area contributed by atoms with E-state index in [1.165, 1.54) is 18.2 Å². The number of furan rings is 1. The van der Waals surface area contributed by atoms with Crippen LogP contribution in [0.5, 0.6) is 0 Å². The van der Waals surface area contributed by atoms with Gasteiger partial charge in [-0.3, -0.25) is 10.1 Å². The number of thiocarbonyl (C=S) groups is 1. The Hall–Kier alpha value is -2.12. The van der Waals surface area contributed by atoms with E-state index in [1.807, 2.05) is 19.1 Å². The van der Waals surface area contributed by atoms with Gasteiger partial charge < -0.3 is 14.6 Å². The SMILES string of the molecule is Cc1ccc(CN(C)C(=S)Nc2cc([N+](=O)[O-])ccc2Cl)o1. The largest absolute Gasteiger partial charge is 0.464 e. The molecule has 0 bridgehead atoms. The predicted octanol–water partition coefficient (Wildman–Crippen LogP) is 3.98. The summed E-state index contributed by atoms with van der Waals surface area (Å²) in [6, 6.07) is 7.89. The number of halogens is 1. The van der Waals surface area contributed by atoms with Crippen molar-refractivity contribution in [2.45, 2.75) is 13.5 Å². The molecule has 6 nitrogen and oxygen atoms in total. The van der Waals surface area contributed by atoms with Crippen molar-refractivity contribution >= 4 is 40.3 Å². The summed E-state index contributed by atoms with van der Waals surface area (Å²) in [5.74, 6) is 1.60. The van der Waals surface area contributed by atoms with Crippen molar-refractivity contribution in [2.75, 3.05) is 12.4 Å². The average Bonchev–Trinajstić information content (AvgIpc) is 2.86. The highest BCUT2D eigenvalue weighted by Gasteiger charge is 2.13. The highest BCUT2D eigenvalue weighted by Crippen LogP contribution is 2.27. The molecule has 0 spiro atoms. The highest BCUT2D eigenvalue weighted by atomic mass is 35.5. The van der Waals surface area contributed by atoms with Crippen LogP contribution in [0.4, 0.5) is 11.4 Å². The van der Waals surface area contributed by atoms with Gasteiger partial charge in [0.25, 0.3) is 5.69 Å². The molecule has 1 N–H and O–H groups in total. The average molecular weight is 340 g/mol. The number of rotatable bonds is 4. The maximum atomic E-state index is 10.8. The summed E-state index contributed by atoms with van der Waals surface area (Å²) in [6.07, 6.45) is 0. The lowest BCUT2D eigenvalue weighted by Gasteiger charge is -2.20. The second-order valence-corrected chi connectivity index (χ2v) is 5.51. The van der Waals surface area contributed by atoms with Gasteiger partial charge in [-0.25, -0.2) is 0 Å². The Bertz CT molecular complexity index is 717. The first-order chi connectivity index (χ1) is 10.4. The van der Waals surface area contributed by atoms with E-state index in [0.29, 0.717) is 22.4 Å². The predicted molar refractivity (Wildman–Crippen MR) is 89.2 cm³/mol. The first-order valence-corrected chi connectivity index (χ1v) is 7.17. The minimum absolute atomic E-state index is 0.0565. The van der Waals surface area contributed by atoms with Crippen molar-refractivity contribution < 1.29 is 9.34 Å². The number of anilines is 1. The second kappa shape index (κ2) is 6.76. The smallest absolute Gasteiger partial charge is 0.271 e. The first kappa shape index (κ1) is 16.3. The minimum Gasteiger partial charge on any atom is -0.464 e. The molecule has 0 aliphatic heterocycles. The van der Waals surface area contributed by atoms with Crippen molar-refractivity contribution in [1.82, 2.24) is 4.90 Å². The summed E-state index contributed by atoms with van der Waals surface area (Å²) >= 11 is 11.3. The number of nitro benzene ring substituents is 1. The zero-order valence-corrected chi connectivity index (χ0v) is 13.6.